The Morgan fingerprint density at radius 2 is 2.08 bits per heavy atom. The first-order valence-corrected chi connectivity index (χ1v) is 8.35. The van der Waals surface area contributed by atoms with Gasteiger partial charge >= 0.3 is 0 Å². The van der Waals surface area contributed by atoms with Crippen LogP contribution in [0, 0.1) is 5.92 Å². The lowest BCUT2D eigenvalue weighted by molar-refractivity contribution is -0.121. The number of nitrogens with one attached hydrogen (secondary N) is 2. The molecule has 0 aliphatic carbocycles. The van der Waals surface area contributed by atoms with E-state index in [-0.39, 0.29) is 17.7 Å². The average Bonchev–Trinajstić information content (AvgIpc) is 2.60. The van der Waals surface area contributed by atoms with E-state index in [1.165, 1.54) is 0 Å². The number of amides is 2. The Hall–Kier alpha value is -2.89. The number of carbonyl (C=O) groups is 2. The van der Waals surface area contributed by atoms with Gasteiger partial charge in [0, 0.05) is 32.1 Å². The molecule has 6 heteroatoms. The number of para-hydroxylation sites is 1. The Labute approximate surface area is 147 Å². The summed E-state index contributed by atoms with van der Waals surface area (Å²) in [5, 5.41) is 5.74. The fourth-order valence-corrected chi connectivity index (χ4v) is 2.90. The van der Waals surface area contributed by atoms with E-state index in [1.807, 2.05) is 55.4 Å². The van der Waals surface area contributed by atoms with Crippen LogP contribution in [0.2, 0.25) is 0 Å². The highest BCUT2D eigenvalue weighted by Gasteiger charge is 2.26. The van der Waals surface area contributed by atoms with Crippen molar-refractivity contribution in [2.45, 2.75) is 19.3 Å². The molecule has 1 aromatic heterocycles. The van der Waals surface area contributed by atoms with Crippen molar-refractivity contribution in [3.05, 3.63) is 48.2 Å². The first-order chi connectivity index (χ1) is 12.0. The first-order valence-electron chi connectivity index (χ1n) is 8.35. The second-order valence-electron chi connectivity index (χ2n) is 6.43. The van der Waals surface area contributed by atoms with Gasteiger partial charge in [-0.05, 0) is 36.6 Å². The van der Waals surface area contributed by atoms with E-state index in [1.54, 1.807) is 6.20 Å². The number of nitrogens with zero attached hydrogens (tertiary/aromatic N) is 2. The molecule has 0 bridgehead atoms. The van der Waals surface area contributed by atoms with Crippen molar-refractivity contribution in [1.82, 2.24) is 4.98 Å². The zero-order chi connectivity index (χ0) is 17.8. The molecule has 1 aliphatic heterocycles. The molecule has 1 atom stereocenters. The molecule has 25 heavy (non-hydrogen) atoms. The highest BCUT2D eigenvalue weighted by atomic mass is 16.2. The van der Waals surface area contributed by atoms with Crippen LogP contribution in [0.15, 0.2) is 42.6 Å². The number of carbonyl (C=O) groups excluding carboxylic acids is 2. The third kappa shape index (κ3) is 4.15. The number of rotatable bonds is 5. The maximum atomic E-state index is 12.2. The molecule has 0 fully saturated rings. The van der Waals surface area contributed by atoms with Crippen molar-refractivity contribution < 1.29 is 9.59 Å². The number of hydrogen-bond acceptors (Lipinski definition) is 4. The standard InChI is InChI=1S/C19H22N4O2/c1-23(2)17-9-8-15(12-20-17)21-18(24)10-7-14-11-13-5-3-4-6-16(13)22-19(14)25/h3-6,8-9,12,14H,7,10-11H2,1-2H3,(H,21,24)(H,22,25). The number of anilines is 3. The van der Waals surface area contributed by atoms with Crippen LogP contribution in [-0.4, -0.2) is 30.9 Å². The number of pyridine rings is 1. The minimum atomic E-state index is -0.171. The van der Waals surface area contributed by atoms with Crippen molar-refractivity contribution in [1.29, 1.82) is 0 Å². The molecular weight excluding hydrogens is 316 g/mol. The van der Waals surface area contributed by atoms with Crippen LogP contribution in [0.25, 0.3) is 0 Å². The van der Waals surface area contributed by atoms with Gasteiger partial charge in [-0.3, -0.25) is 9.59 Å². The predicted molar refractivity (Wildman–Crippen MR) is 98.7 cm³/mol. The van der Waals surface area contributed by atoms with Crippen molar-refractivity contribution in [3.8, 4) is 0 Å². The van der Waals surface area contributed by atoms with Crippen LogP contribution in [0.3, 0.4) is 0 Å². The lowest BCUT2D eigenvalue weighted by atomic mass is 9.89. The van der Waals surface area contributed by atoms with Crippen LogP contribution in [0.1, 0.15) is 18.4 Å². The van der Waals surface area contributed by atoms with E-state index in [0.717, 1.165) is 17.1 Å². The van der Waals surface area contributed by atoms with Gasteiger partial charge in [-0.1, -0.05) is 18.2 Å². The molecule has 2 N–H and O–H groups in total. The quantitative estimate of drug-likeness (QED) is 0.879. The Morgan fingerprint density at radius 1 is 1.28 bits per heavy atom. The number of fused-ring (bicyclic) bond motifs is 1. The van der Waals surface area contributed by atoms with Gasteiger partial charge in [-0.15, -0.1) is 0 Å². The molecule has 0 saturated heterocycles. The van der Waals surface area contributed by atoms with Crippen LogP contribution >= 0.6 is 0 Å². The van der Waals surface area contributed by atoms with E-state index in [2.05, 4.69) is 15.6 Å². The Bertz CT molecular complexity index is 771. The van der Waals surface area contributed by atoms with Gasteiger partial charge in [0.05, 0.1) is 11.9 Å². The van der Waals surface area contributed by atoms with Gasteiger partial charge < -0.3 is 15.5 Å². The van der Waals surface area contributed by atoms with Crippen LogP contribution < -0.4 is 15.5 Å². The SMILES string of the molecule is CN(C)c1ccc(NC(=O)CCC2Cc3ccccc3NC2=O)cn1. The van der Waals surface area contributed by atoms with E-state index in [9.17, 15) is 9.59 Å². The van der Waals surface area contributed by atoms with Crippen molar-refractivity contribution in [2.24, 2.45) is 5.92 Å². The smallest absolute Gasteiger partial charge is 0.227 e. The summed E-state index contributed by atoms with van der Waals surface area (Å²) in [6, 6.07) is 11.5. The summed E-state index contributed by atoms with van der Waals surface area (Å²) in [6.07, 6.45) is 3.13. The molecule has 0 saturated carbocycles. The summed E-state index contributed by atoms with van der Waals surface area (Å²) >= 11 is 0. The van der Waals surface area contributed by atoms with Crippen molar-refractivity contribution in [2.75, 3.05) is 29.6 Å². The second kappa shape index (κ2) is 7.34. The second-order valence-corrected chi connectivity index (χ2v) is 6.43. The number of benzene rings is 1. The van der Waals surface area contributed by atoms with Crippen LogP contribution in [0.5, 0.6) is 0 Å². The summed E-state index contributed by atoms with van der Waals surface area (Å²) in [4.78, 5) is 30.5. The normalized spacial score (nSPS) is 15.9. The van der Waals surface area contributed by atoms with Crippen LogP contribution in [-0.2, 0) is 16.0 Å². The van der Waals surface area contributed by atoms with Crippen molar-refractivity contribution >= 4 is 29.0 Å². The maximum absolute atomic E-state index is 12.2. The first kappa shape index (κ1) is 17.0. The number of hydrogen-bond donors (Lipinski definition) is 2. The molecule has 3 rings (SSSR count). The zero-order valence-electron chi connectivity index (χ0n) is 14.5. The highest BCUT2D eigenvalue weighted by molar-refractivity contribution is 5.96. The molecule has 0 spiro atoms. The van der Waals surface area contributed by atoms with Gasteiger partial charge in [-0.25, -0.2) is 4.98 Å². The highest BCUT2D eigenvalue weighted by Crippen LogP contribution is 2.27. The van der Waals surface area contributed by atoms with Gasteiger partial charge in [0.25, 0.3) is 0 Å². The molecule has 1 aliphatic rings. The third-order valence-corrected chi connectivity index (χ3v) is 4.32. The molecular formula is C19H22N4O2. The summed E-state index contributed by atoms with van der Waals surface area (Å²) < 4.78 is 0. The minimum Gasteiger partial charge on any atom is -0.363 e. The summed E-state index contributed by atoms with van der Waals surface area (Å²) in [7, 11) is 3.82. The molecule has 0 radical (unpaired) electrons. The van der Waals surface area contributed by atoms with Gasteiger partial charge in [-0.2, -0.15) is 0 Å². The lowest BCUT2D eigenvalue weighted by Crippen LogP contribution is -2.30. The minimum absolute atomic E-state index is 0.0106. The monoisotopic (exact) mass is 338 g/mol. The fraction of sp³-hybridized carbons (Fsp3) is 0.316. The van der Waals surface area contributed by atoms with E-state index >= 15 is 0 Å². The van der Waals surface area contributed by atoms with E-state index in [4.69, 9.17) is 0 Å². The van der Waals surface area contributed by atoms with Gasteiger partial charge in [0.2, 0.25) is 11.8 Å². The molecule has 2 amide bonds. The molecule has 1 aromatic carbocycles. The predicted octanol–water partition coefficient (Wildman–Crippen LogP) is 2.68. The van der Waals surface area contributed by atoms with E-state index in [0.29, 0.717) is 24.9 Å². The summed E-state index contributed by atoms with van der Waals surface area (Å²) in [5.74, 6) is 0.542. The summed E-state index contributed by atoms with van der Waals surface area (Å²) in [6.45, 7) is 0. The Balaban J connectivity index is 1.53. The third-order valence-electron chi connectivity index (χ3n) is 4.32. The molecule has 1 unspecified atom stereocenters. The molecule has 130 valence electrons. The van der Waals surface area contributed by atoms with Gasteiger partial charge in [0.1, 0.15) is 5.82 Å². The molecule has 2 aromatic rings. The van der Waals surface area contributed by atoms with E-state index < -0.39 is 0 Å². The largest absolute Gasteiger partial charge is 0.363 e. The Morgan fingerprint density at radius 3 is 2.80 bits per heavy atom. The van der Waals surface area contributed by atoms with Crippen LogP contribution in [0.4, 0.5) is 17.2 Å². The zero-order valence-corrected chi connectivity index (χ0v) is 14.5. The van der Waals surface area contributed by atoms with Crippen molar-refractivity contribution in [3.63, 3.8) is 0 Å². The van der Waals surface area contributed by atoms with Gasteiger partial charge in [0.15, 0.2) is 0 Å². The average molecular weight is 338 g/mol. The topological polar surface area (TPSA) is 74.3 Å². The maximum Gasteiger partial charge on any atom is 0.227 e. The molecule has 2 heterocycles. The molecule has 6 nitrogen and oxygen atoms in total. The summed E-state index contributed by atoms with van der Waals surface area (Å²) in [5.41, 5.74) is 2.66. The fourth-order valence-electron chi connectivity index (χ4n) is 2.90. The Kier molecular flexibility index (Phi) is 4.97. The lowest BCUT2D eigenvalue weighted by Gasteiger charge is -2.24. The number of aromatic nitrogens is 1.